The molecule has 25 heavy (non-hydrogen) atoms. The van der Waals surface area contributed by atoms with E-state index in [4.69, 9.17) is 0 Å². The number of hydrogen-bond donors (Lipinski definition) is 0. The van der Waals surface area contributed by atoms with Gasteiger partial charge in [-0.3, -0.25) is 0 Å². The number of hydrogen-bond acceptors (Lipinski definition) is 0. The molecular formula is C23H25N2+. The number of nitrogens with zero attached hydrogens (tertiary/aromatic N) is 2. The maximum atomic E-state index is 2.41. The molecule has 126 valence electrons. The van der Waals surface area contributed by atoms with Crippen molar-refractivity contribution in [2.45, 2.75) is 33.7 Å². The van der Waals surface area contributed by atoms with Gasteiger partial charge in [0.15, 0.2) is 11.0 Å². The monoisotopic (exact) mass is 329 g/mol. The molecule has 4 aromatic rings. The van der Waals surface area contributed by atoms with Gasteiger partial charge >= 0.3 is 0 Å². The van der Waals surface area contributed by atoms with E-state index in [1.807, 2.05) is 0 Å². The van der Waals surface area contributed by atoms with Crippen molar-refractivity contribution in [1.29, 1.82) is 0 Å². The lowest BCUT2D eigenvalue weighted by Gasteiger charge is -2.24. The highest BCUT2D eigenvalue weighted by Gasteiger charge is 2.29. The Bertz CT molecular complexity index is 1050. The Morgan fingerprint density at radius 2 is 1.52 bits per heavy atom. The van der Waals surface area contributed by atoms with E-state index in [2.05, 4.69) is 110 Å². The molecule has 0 fully saturated rings. The molecule has 2 nitrogen and oxygen atoms in total. The molecule has 0 aliphatic rings. The van der Waals surface area contributed by atoms with Crippen LogP contribution in [0, 0.1) is 5.41 Å². The van der Waals surface area contributed by atoms with Crippen molar-refractivity contribution in [3.63, 3.8) is 0 Å². The molecule has 0 unspecified atom stereocenters. The fraction of sp³-hybridized carbons (Fsp3) is 0.261. The van der Waals surface area contributed by atoms with Gasteiger partial charge in [-0.15, -0.1) is 0 Å². The van der Waals surface area contributed by atoms with Crippen LogP contribution in [0.2, 0.25) is 0 Å². The average molecular weight is 329 g/mol. The summed E-state index contributed by atoms with van der Waals surface area (Å²) in [6.45, 7) is 9.20. The molecule has 1 heterocycles. The highest BCUT2D eigenvalue weighted by molar-refractivity contribution is 5.85. The summed E-state index contributed by atoms with van der Waals surface area (Å²) in [6, 6.07) is 24.3. The Morgan fingerprint density at radius 1 is 0.840 bits per heavy atom. The van der Waals surface area contributed by atoms with Crippen molar-refractivity contribution in [2.24, 2.45) is 5.41 Å². The van der Waals surface area contributed by atoms with Crippen LogP contribution in [0.4, 0.5) is 0 Å². The van der Waals surface area contributed by atoms with Gasteiger partial charge in [-0.2, -0.15) is 4.57 Å². The standard InChI is InChI=1S/C23H25N2/c1-17(23(2,3)4)24-16-25(22-12-8-7-11-21(22)24)20-14-13-18-9-5-6-10-19(18)15-20/h5-17H,1-4H3/q+1/t17-/m0/s1. The van der Waals surface area contributed by atoms with Crippen LogP contribution in [0.15, 0.2) is 73.1 Å². The normalized spacial score (nSPS) is 13.4. The maximum absolute atomic E-state index is 2.41. The summed E-state index contributed by atoms with van der Waals surface area (Å²) in [5.74, 6) is 0. The quantitative estimate of drug-likeness (QED) is 0.418. The van der Waals surface area contributed by atoms with Crippen molar-refractivity contribution in [3.05, 3.63) is 73.1 Å². The SMILES string of the molecule is C[C@H]([n+]1cn(-c2ccc3ccccc3c2)c2ccccc21)C(C)(C)C. The number of para-hydroxylation sites is 2. The first-order valence-corrected chi connectivity index (χ1v) is 8.95. The highest BCUT2D eigenvalue weighted by atomic mass is 15.2. The van der Waals surface area contributed by atoms with E-state index in [9.17, 15) is 0 Å². The molecule has 0 saturated heterocycles. The molecule has 0 N–H and O–H groups in total. The summed E-state index contributed by atoms with van der Waals surface area (Å²) < 4.78 is 4.72. The first-order valence-electron chi connectivity index (χ1n) is 8.95. The van der Waals surface area contributed by atoms with E-state index in [-0.39, 0.29) is 5.41 Å². The first-order chi connectivity index (χ1) is 11.9. The third-order valence-electron chi connectivity index (χ3n) is 5.34. The van der Waals surface area contributed by atoms with Gasteiger partial charge in [0.25, 0.3) is 0 Å². The zero-order valence-corrected chi connectivity index (χ0v) is 15.4. The Balaban J connectivity index is 1.95. The second-order valence-electron chi connectivity index (χ2n) is 7.95. The molecule has 0 aliphatic carbocycles. The summed E-state index contributed by atoms with van der Waals surface area (Å²) in [5, 5.41) is 2.55. The summed E-state index contributed by atoms with van der Waals surface area (Å²) >= 11 is 0. The minimum atomic E-state index is 0.197. The molecule has 0 radical (unpaired) electrons. The van der Waals surface area contributed by atoms with Gasteiger partial charge in [0.05, 0.1) is 0 Å². The summed E-state index contributed by atoms with van der Waals surface area (Å²) in [7, 11) is 0. The van der Waals surface area contributed by atoms with Crippen molar-refractivity contribution in [2.75, 3.05) is 0 Å². The fourth-order valence-corrected chi connectivity index (χ4v) is 3.39. The molecule has 0 amide bonds. The molecule has 0 saturated carbocycles. The summed E-state index contributed by atoms with van der Waals surface area (Å²) in [5.41, 5.74) is 3.92. The lowest BCUT2D eigenvalue weighted by atomic mass is 9.88. The zero-order chi connectivity index (χ0) is 17.6. The van der Waals surface area contributed by atoms with Crippen molar-refractivity contribution in [1.82, 2.24) is 4.57 Å². The Labute approximate surface area is 149 Å². The molecule has 0 aliphatic heterocycles. The maximum Gasteiger partial charge on any atom is 0.250 e. The second-order valence-corrected chi connectivity index (χ2v) is 7.95. The summed E-state index contributed by atoms with van der Waals surface area (Å²) in [6.07, 6.45) is 2.25. The van der Waals surface area contributed by atoms with Crippen molar-refractivity contribution >= 4 is 21.8 Å². The Morgan fingerprint density at radius 3 is 2.28 bits per heavy atom. The number of fused-ring (bicyclic) bond motifs is 2. The van der Waals surface area contributed by atoms with E-state index in [1.54, 1.807) is 0 Å². The van der Waals surface area contributed by atoms with Gasteiger partial charge in [0.1, 0.15) is 11.7 Å². The minimum Gasteiger partial charge on any atom is -0.226 e. The number of benzene rings is 3. The molecule has 3 aromatic carbocycles. The highest BCUT2D eigenvalue weighted by Crippen LogP contribution is 2.28. The van der Waals surface area contributed by atoms with Gasteiger partial charge in [0, 0.05) is 5.41 Å². The largest absolute Gasteiger partial charge is 0.250 e. The van der Waals surface area contributed by atoms with Crippen LogP contribution in [0.25, 0.3) is 27.5 Å². The third-order valence-corrected chi connectivity index (χ3v) is 5.34. The third kappa shape index (κ3) is 2.72. The van der Waals surface area contributed by atoms with Crippen LogP contribution >= 0.6 is 0 Å². The van der Waals surface area contributed by atoms with E-state index in [0.29, 0.717) is 6.04 Å². The predicted octanol–water partition coefficient (Wildman–Crippen LogP) is 5.68. The lowest BCUT2D eigenvalue weighted by molar-refractivity contribution is -0.708. The van der Waals surface area contributed by atoms with Crippen LogP contribution in [0.1, 0.15) is 33.7 Å². The van der Waals surface area contributed by atoms with Gasteiger partial charge < -0.3 is 0 Å². The zero-order valence-electron chi connectivity index (χ0n) is 15.4. The summed E-state index contributed by atoms with van der Waals surface area (Å²) in [4.78, 5) is 0. The Kier molecular flexibility index (Phi) is 3.64. The van der Waals surface area contributed by atoms with Crippen molar-refractivity contribution in [3.8, 4) is 5.69 Å². The lowest BCUT2D eigenvalue weighted by Crippen LogP contribution is -2.43. The first kappa shape index (κ1) is 15.9. The van der Waals surface area contributed by atoms with Crippen LogP contribution in [-0.2, 0) is 0 Å². The molecule has 2 heteroatoms. The number of rotatable bonds is 2. The van der Waals surface area contributed by atoms with E-state index in [1.165, 1.54) is 27.5 Å². The molecule has 1 aromatic heterocycles. The average Bonchev–Trinajstić information content (AvgIpc) is 2.99. The number of aromatic nitrogens is 2. The van der Waals surface area contributed by atoms with Crippen LogP contribution in [0.3, 0.4) is 0 Å². The van der Waals surface area contributed by atoms with Gasteiger partial charge in [0.2, 0.25) is 6.33 Å². The van der Waals surface area contributed by atoms with E-state index in [0.717, 1.165) is 0 Å². The van der Waals surface area contributed by atoms with Crippen LogP contribution in [0.5, 0.6) is 0 Å². The van der Waals surface area contributed by atoms with Gasteiger partial charge in [-0.05, 0) is 42.0 Å². The smallest absolute Gasteiger partial charge is 0.226 e. The van der Waals surface area contributed by atoms with E-state index >= 15 is 0 Å². The van der Waals surface area contributed by atoms with Gasteiger partial charge in [-0.25, -0.2) is 4.57 Å². The Hall–Kier alpha value is -2.61. The van der Waals surface area contributed by atoms with E-state index < -0.39 is 0 Å². The van der Waals surface area contributed by atoms with Crippen molar-refractivity contribution < 1.29 is 4.57 Å². The topological polar surface area (TPSA) is 8.81 Å². The second kappa shape index (κ2) is 5.73. The fourth-order valence-electron chi connectivity index (χ4n) is 3.39. The van der Waals surface area contributed by atoms with Gasteiger partial charge in [-0.1, -0.05) is 63.2 Å². The van der Waals surface area contributed by atoms with Crippen LogP contribution < -0.4 is 4.57 Å². The molecule has 0 spiro atoms. The molecular weight excluding hydrogens is 304 g/mol. The molecule has 4 rings (SSSR count). The minimum absolute atomic E-state index is 0.197. The van der Waals surface area contributed by atoms with Crippen LogP contribution in [-0.4, -0.2) is 4.57 Å². The molecule has 0 bridgehead atoms. The molecule has 1 atom stereocenters. The predicted molar refractivity (Wildman–Crippen MR) is 105 cm³/mol. The number of imidazole rings is 1.